The minimum absolute atomic E-state index is 0.00356. The van der Waals surface area contributed by atoms with Gasteiger partial charge in [-0.3, -0.25) is 9.78 Å². The lowest BCUT2D eigenvalue weighted by atomic mass is 10.1. The monoisotopic (exact) mass is 370 g/mol. The largest absolute Gasteiger partial charge is 0.496 e. The van der Waals surface area contributed by atoms with E-state index in [0.717, 1.165) is 22.6 Å². The second-order valence-electron chi connectivity index (χ2n) is 4.34. The fourth-order valence-corrected chi connectivity index (χ4v) is 2.54. The van der Waals surface area contributed by atoms with Crippen LogP contribution in [0, 0.1) is 17.4 Å². The van der Waals surface area contributed by atoms with Crippen LogP contribution in [0.4, 0.5) is 0 Å². The molecule has 0 unspecified atom stereocenters. The van der Waals surface area contributed by atoms with Gasteiger partial charge in [-0.2, -0.15) is 0 Å². The lowest BCUT2D eigenvalue weighted by molar-refractivity contribution is 0.406. The Morgan fingerprint density at radius 3 is 2.84 bits per heavy atom. The Balaban J connectivity index is 2.45. The third kappa shape index (κ3) is 2.80. The molecule has 100 valence electrons. The highest BCUT2D eigenvalue weighted by Crippen LogP contribution is 2.24. The fourth-order valence-electron chi connectivity index (χ4n) is 2.02. The molecule has 0 aliphatic carbocycles. The zero-order chi connectivity index (χ0) is 14.0. The van der Waals surface area contributed by atoms with Crippen molar-refractivity contribution in [2.45, 2.75) is 20.4 Å². The molecule has 0 aromatic carbocycles. The van der Waals surface area contributed by atoms with Crippen molar-refractivity contribution >= 4 is 22.6 Å². The molecule has 0 saturated heterocycles. The Labute approximate surface area is 125 Å². The van der Waals surface area contributed by atoms with Crippen LogP contribution in [0.2, 0.25) is 0 Å². The number of pyridine rings is 2. The van der Waals surface area contributed by atoms with Crippen molar-refractivity contribution < 1.29 is 4.74 Å². The molecule has 0 radical (unpaired) electrons. The van der Waals surface area contributed by atoms with Crippen LogP contribution in [0.5, 0.6) is 5.75 Å². The van der Waals surface area contributed by atoms with E-state index in [4.69, 9.17) is 4.74 Å². The first kappa shape index (κ1) is 14.0. The lowest BCUT2D eigenvalue weighted by Gasteiger charge is -2.13. The third-order valence-electron chi connectivity index (χ3n) is 3.04. The Morgan fingerprint density at radius 1 is 1.42 bits per heavy atom. The number of hydrogen-bond acceptors (Lipinski definition) is 3. The number of aryl methyl sites for hydroxylation is 1. The van der Waals surface area contributed by atoms with Gasteiger partial charge in [-0.1, -0.05) is 0 Å². The minimum atomic E-state index is 0.00356. The van der Waals surface area contributed by atoms with Gasteiger partial charge in [0.25, 0.3) is 5.56 Å². The maximum Gasteiger partial charge on any atom is 0.264 e. The number of nitrogens with zero attached hydrogens (tertiary/aromatic N) is 2. The molecule has 0 N–H and O–H groups in total. The highest BCUT2D eigenvalue weighted by atomic mass is 127. The standard InChI is InChI=1S/C14H15IN2O2/c1-9-7-16-12(10(2)13(9)19-3)8-17-6-4-5-11(15)14(17)18/h4-7H,8H2,1-3H3. The van der Waals surface area contributed by atoms with Crippen molar-refractivity contribution in [2.24, 2.45) is 0 Å². The highest BCUT2D eigenvalue weighted by Gasteiger charge is 2.10. The van der Waals surface area contributed by atoms with E-state index in [1.807, 2.05) is 42.5 Å². The van der Waals surface area contributed by atoms with Crippen molar-refractivity contribution in [2.75, 3.05) is 7.11 Å². The number of rotatable bonds is 3. The summed E-state index contributed by atoms with van der Waals surface area (Å²) in [6.45, 7) is 4.38. The normalized spacial score (nSPS) is 10.5. The van der Waals surface area contributed by atoms with E-state index in [1.54, 1.807) is 30.1 Å². The van der Waals surface area contributed by atoms with Crippen LogP contribution < -0.4 is 10.3 Å². The van der Waals surface area contributed by atoms with E-state index in [0.29, 0.717) is 10.1 Å². The van der Waals surface area contributed by atoms with Crippen LogP contribution in [0.25, 0.3) is 0 Å². The molecule has 5 heteroatoms. The molecule has 2 rings (SSSR count). The van der Waals surface area contributed by atoms with Gasteiger partial charge >= 0.3 is 0 Å². The van der Waals surface area contributed by atoms with Crippen molar-refractivity contribution in [3.05, 3.63) is 55.3 Å². The molecule has 0 saturated carbocycles. The van der Waals surface area contributed by atoms with Gasteiger partial charge in [0, 0.05) is 23.5 Å². The molecular weight excluding hydrogens is 355 g/mol. The second kappa shape index (κ2) is 5.73. The zero-order valence-corrected chi connectivity index (χ0v) is 13.3. The SMILES string of the molecule is COc1c(C)cnc(Cn2cccc(I)c2=O)c1C. The maximum atomic E-state index is 12.0. The first-order valence-corrected chi connectivity index (χ1v) is 6.96. The van der Waals surface area contributed by atoms with Gasteiger partial charge in [-0.05, 0) is 48.6 Å². The van der Waals surface area contributed by atoms with Gasteiger partial charge in [-0.15, -0.1) is 0 Å². The number of methoxy groups -OCH3 is 1. The summed E-state index contributed by atoms with van der Waals surface area (Å²) in [5.74, 6) is 0.837. The Morgan fingerprint density at radius 2 is 2.16 bits per heavy atom. The van der Waals surface area contributed by atoms with Crippen molar-refractivity contribution in [1.29, 1.82) is 0 Å². The van der Waals surface area contributed by atoms with E-state index < -0.39 is 0 Å². The van der Waals surface area contributed by atoms with Crippen molar-refractivity contribution in [3.63, 3.8) is 0 Å². The summed E-state index contributed by atoms with van der Waals surface area (Å²) in [5.41, 5.74) is 2.84. The predicted octanol–water partition coefficient (Wildman–Crippen LogP) is 2.52. The Bertz CT molecular complexity index is 665. The summed E-state index contributed by atoms with van der Waals surface area (Å²) in [7, 11) is 1.65. The van der Waals surface area contributed by atoms with E-state index >= 15 is 0 Å². The molecule has 19 heavy (non-hydrogen) atoms. The molecule has 0 aliphatic rings. The van der Waals surface area contributed by atoms with Crippen LogP contribution >= 0.6 is 22.6 Å². The van der Waals surface area contributed by atoms with Crippen molar-refractivity contribution in [3.8, 4) is 5.75 Å². The molecule has 0 amide bonds. The smallest absolute Gasteiger partial charge is 0.264 e. The third-order valence-corrected chi connectivity index (χ3v) is 3.86. The molecule has 0 fully saturated rings. The molecule has 2 aromatic heterocycles. The highest BCUT2D eigenvalue weighted by molar-refractivity contribution is 14.1. The van der Waals surface area contributed by atoms with E-state index in [1.165, 1.54) is 0 Å². The Hall–Kier alpha value is -1.37. The summed E-state index contributed by atoms with van der Waals surface area (Å²) in [6.07, 6.45) is 3.55. The fraction of sp³-hybridized carbons (Fsp3) is 0.286. The Kier molecular flexibility index (Phi) is 4.24. The quantitative estimate of drug-likeness (QED) is 0.780. The molecule has 2 aromatic rings. The van der Waals surface area contributed by atoms with Crippen LogP contribution in [0.15, 0.2) is 29.3 Å². The summed E-state index contributed by atoms with van der Waals surface area (Å²) in [5, 5.41) is 0. The van der Waals surface area contributed by atoms with Crippen LogP contribution in [0.1, 0.15) is 16.8 Å². The zero-order valence-electron chi connectivity index (χ0n) is 11.1. The minimum Gasteiger partial charge on any atom is -0.496 e. The van der Waals surface area contributed by atoms with Crippen molar-refractivity contribution in [1.82, 2.24) is 9.55 Å². The van der Waals surface area contributed by atoms with Gasteiger partial charge in [-0.25, -0.2) is 0 Å². The molecule has 0 atom stereocenters. The van der Waals surface area contributed by atoms with E-state index in [9.17, 15) is 4.79 Å². The van der Waals surface area contributed by atoms with Gasteiger partial charge in [0.1, 0.15) is 5.75 Å². The summed E-state index contributed by atoms with van der Waals surface area (Å²) in [4.78, 5) is 16.4. The second-order valence-corrected chi connectivity index (χ2v) is 5.50. The summed E-state index contributed by atoms with van der Waals surface area (Å²) < 4.78 is 7.74. The number of hydrogen-bond donors (Lipinski definition) is 0. The van der Waals surface area contributed by atoms with Gasteiger partial charge in [0.05, 0.1) is 22.9 Å². The lowest BCUT2D eigenvalue weighted by Crippen LogP contribution is -2.22. The van der Waals surface area contributed by atoms with E-state index in [2.05, 4.69) is 4.98 Å². The van der Waals surface area contributed by atoms with Crippen LogP contribution in [0.3, 0.4) is 0 Å². The summed E-state index contributed by atoms with van der Waals surface area (Å²) >= 11 is 2.04. The average Bonchev–Trinajstić information content (AvgIpc) is 2.39. The number of halogens is 1. The van der Waals surface area contributed by atoms with Crippen LogP contribution in [-0.4, -0.2) is 16.7 Å². The molecule has 0 bridgehead atoms. The summed E-state index contributed by atoms with van der Waals surface area (Å²) in [6, 6.07) is 3.67. The maximum absolute atomic E-state index is 12.0. The molecule has 2 heterocycles. The predicted molar refractivity (Wildman–Crippen MR) is 82.8 cm³/mol. The first-order chi connectivity index (χ1) is 9.04. The number of aromatic nitrogens is 2. The van der Waals surface area contributed by atoms with E-state index in [-0.39, 0.29) is 5.56 Å². The topological polar surface area (TPSA) is 44.1 Å². The average molecular weight is 370 g/mol. The van der Waals surface area contributed by atoms with Gasteiger partial charge < -0.3 is 9.30 Å². The van der Waals surface area contributed by atoms with Crippen LogP contribution in [-0.2, 0) is 6.54 Å². The molecule has 0 aliphatic heterocycles. The number of ether oxygens (including phenoxy) is 1. The molecule has 4 nitrogen and oxygen atoms in total. The molecular formula is C14H15IN2O2. The van der Waals surface area contributed by atoms with Gasteiger partial charge in [0.2, 0.25) is 0 Å². The molecule has 0 spiro atoms. The van der Waals surface area contributed by atoms with Gasteiger partial charge in [0.15, 0.2) is 0 Å². The first-order valence-electron chi connectivity index (χ1n) is 5.88.